The largest absolute Gasteiger partial charge is 0.454 e. The van der Waals surface area contributed by atoms with Crippen LogP contribution in [0.1, 0.15) is 33.2 Å². The Balaban J connectivity index is 1.43. The lowest BCUT2D eigenvalue weighted by atomic mass is 10.1. The molecule has 8 heteroatoms. The van der Waals surface area contributed by atoms with Crippen molar-refractivity contribution in [3.63, 3.8) is 0 Å². The van der Waals surface area contributed by atoms with Crippen LogP contribution in [-0.4, -0.2) is 24.3 Å². The van der Waals surface area contributed by atoms with Crippen LogP contribution in [-0.2, 0) is 0 Å². The number of anilines is 1. The van der Waals surface area contributed by atoms with Crippen LogP contribution in [0.2, 0.25) is 0 Å². The molecule has 0 atom stereocenters. The summed E-state index contributed by atoms with van der Waals surface area (Å²) < 4.78 is 23.5. The van der Waals surface area contributed by atoms with Crippen molar-refractivity contribution in [3.05, 3.63) is 89.2 Å². The van der Waals surface area contributed by atoms with Gasteiger partial charge in [0.1, 0.15) is 5.82 Å². The molecule has 3 aromatic rings. The molecule has 156 valence electrons. The molecule has 31 heavy (non-hydrogen) atoms. The maximum Gasteiger partial charge on any atom is 0.271 e. The van der Waals surface area contributed by atoms with Gasteiger partial charge < -0.3 is 14.8 Å². The number of amides is 2. The van der Waals surface area contributed by atoms with Gasteiger partial charge in [-0.25, -0.2) is 9.82 Å². The molecule has 1 heterocycles. The van der Waals surface area contributed by atoms with E-state index in [9.17, 15) is 14.0 Å². The normalized spacial score (nSPS) is 12.4. The number of rotatable bonds is 5. The van der Waals surface area contributed by atoms with E-state index in [0.717, 1.165) is 0 Å². The standard InChI is InChI=1S/C23H18FN3O4/c1-14(26-27-23(29)17-7-10-20-21(12-17)31-13-30-20)16-3-2-4-19(11-16)25-22(28)15-5-8-18(24)9-6-15/h2-12H,13H2,1H3,(H,25,28)(H,27,29)/b26-14+. The zero-order chi connectivity index (χ0) is 21.8. The second kappa shape index (κ2) is 8.66. The van der Waals surface area contributed by atoms with Crippen molar-refractivity contribution in [1.82, 2.24) is 5.43 Å². The molecule has 1 aliphatic rings. The monoisotopic (exact) mass is 419 g/mol. The van der Waals surface area contributed by atoms with E-state index in [-0.39, 0.29) is 12.7 Å². The van der Waals surface area contributed by atoms with Crippen LogP contribution >= 0.6 is 0 Å². The highest BCUT2D eigenvalue weighted by Gasteiger charge is 2.16. The van der Waals surface area contributed by atoms with Crippen molar-refractivity contribution in [2.75, 3.05) is 12.1 Å². The highest BCUT2D eigenvalue weighted by Crippen LogP contribution is 2.32. The summed E-state index contributed by atoms with van der Waals surface area (Å²) in [5.41, 5.74) is 5.04. The van der Waals surface area contributed by atoms with E-state index in [1.807, 2.05) is 0 Å². The first-order valence-corrected chi connectivity index (χ1v) is 9.41. The third-order valence-corrected chi connectivity index (χ3v) is 4.60. The first kappa shape index (κ1) is 20.1. The zero-order valence-electron chi connectivity index (χ0n) is 16.5. The molecular formula is C23H18FN3O4. The van der Waals surface area contributed by atoms with Gasteiger partial charge in [-0.15, -0.1) is 0 Å². The molecule has 3 aromatic carbocycles. The topological polar surface area (TPSA) is 89.0 Å². The Morgan fingerprint density at radius 2 is 1.61 bits per heavy atom. The lowest BCUT2D eigenvalue weighted by molar-refractivity contribution is 0.0953. The van der Waals surface area contributed by atoms with Crippen LogP contribution in [0.25, 0.3) is 0 Å². The van der Waals surface area contributed by atoms with Crippen molar-refractivity contribution < 1.29 is 23.5 Å². The van der Waals surface area contributed by atoms with Crippen molar-refractivity contribution in [2.24, 2.45) is 5.10 Å². The van der Waals surface area contributed by atoms with Crippen molar-refractivity contribution >= 4 is 23.2 Å². The Morgan fingerprint density at radius 3 is 2.42 bits per heavy atom. The van der Waals surface area contributed by atoms with Crippen molar-refractivity contribution in [2.45, 2.75) is 6.92 Å². The smallest absolute Gasteiger partial charge is 0.271 e. The fraction of sp³-hybridized carbons (Fsp3) is 0.0870. The molecule has 2 amide bonds. The molecule has 0 saturated heterocycles. The van der Waals surface area contributed by atoms with Gasteiger partial charge in [0.05, 0.1) is 5.71 Å². The van der Waals surface area contributed by atoms with Gasteiger partial charge in [-0.3, -0.25) is 9.59 Å². The van der Waals surface area contributed by atoms with Crippen LogP contribution in [0.3, 0.4) is 0 Å². The van der Waals surface area contributed by atoms with E-state index >= 15 is 0 Å². The molecule has 4 rings (SSSR count). The van der Waals surface area contributed by atoms with E-state index in [1.165, 1.54) is 24.3 Å². The summed E-state index contributed by atoms with van der Waals surface area (Å²) in [6.07, 6.45) is 0. The summed E-state index contributed by atoms with van der Waals surface area (Å²) in [5.74, 6) is -0.0527. The van der Waals surface area contributed by atoms with Crippen LogP contribution in [0.4, 0.5) is 10.1 Å². The fourth-order valence-corrected chi connectivity index (χ4v) is 2.93. The van der Waals surface area contributed by atoms with Gasteiger partial charge in [-0.05, 0) is 67.1 Å². The fourth-order valence-electron chi connectivity index (χ4n) is 2.93. The Labute approximate surface area is 177 Å². The van der Waals surface area contributed by atoms with Gasteiger partial charge in [-0.2, -0.15) is 5.10 Å². The Bertz CT molecular complexity index is 1180. The van der Waals surface area contributed by atoms with Crippen LogP contribution in [0.5, 0.6) is 11.5 Å². The minimum atomic E-state index is -0.409. The molecule has 1 aliphatic heterocycles. The molecule has 0 unspecified atom stereocenters. The van der Waals surface area contributed by atoms with Crippen molar-refractivity contribution in [3.8, 4) is 11.5 Å². The van der Waals surface area contributed by atoms with Crippen LogP contribution in [0.15, 0.2) is 71.8 Å². The molecule has 0 spiro atoms. The highest BCUT2D eigenvalue weighted by molar-refractivity contribution is 6.06. The van der Waals surface area contributed by atoms with E-state index in [0.29, 0.717) is 39.6 Å². The number of ether oxygens (including phenoxy) is 2. The first-order chi connectivity index (χ1) is 15.0. The second-order valence-electron chi connectivity index (χ2n) is 6.75. The summed E-state index contributed by atoms with van der Waals surface area (Å²) in [6, 6.07) is 17.2. The van der Waals surface area contributed by atoms with Gasteiger partial charge in [0.2, 0.25) is 6.79 Å². The molecule has 0 saturated carbocycles. The summed E-state index contributed by atoms with van der Waals surface area (Å²) in [4.78, 5) is 24.7. The lowest BCUT2D eigenvalue weighted by Gasteiger charge is -2.08. The molecule has 0 radical (unpaired) electrons. The number of carbonyl (C=O) groups is 2. The number of nitrogens with zero attached hydrogens (tertiary/aromatic N) is 1. The van der Waals surface area contributed by atoms with Gasteiger partial charge in [-0.1, -0.05) is 12.1 Å². The summed E-state index contributed by atoms with van der Waals surface area (Å²) >= 11 is 0. The van der Waals surface area contributed by atoms with E-state index in [2.05, 4.69) is 15.8 Å². The summed E-state index contributed by atoms with van der Waals surface area (Å²) in [6.45, 7) is 1.87. The maximum absolute atomic E-state index is 13.0. The average Bonchev–Trinajstić information content (AvgIpc) is 3.25. The quantitative estimate of drug-likeness (QED) is 0.484. The minimum absolute atomic E-state index is 0.131. The summed E-state index contributed by atoms with van der Waals surface area (Å²) in [5, 5.41) is 6.90. The molecule has 7 nitrogen and oxygen atoms in total. The molecule has 0 aromatic heterocycles. The van der Waals surface area contributed by atoms with Crippen molar-refractivity contribution in [1.29, 1.82) is 0 Å². The number of hydrazone groups is 1. The number of carbonyl (C=O) groups excluding carboxylic acids is 2. The van der Waals surface area contributed by atoms with E-state index < -0.39 is 11.7 Å². The number of hydrogen-bond donors (Lipinski definition) is 2. The van der Waals surface area contributed by atoms with E-state index in [1.54, 1.807) is 49.4 Å². The number of benzene rings is 3. The summed E-state index contributed by atoms with van der Waals surface area (Å²) in [7, 11) is 0. The third kappa shape index (κ3) is 4.69. The number of fused-ring (bicyclic) bond motifs is 1. The lowest BCUT2D eigenvalue weighted by Crippen LogP contribution is -2.19. The number of halogens is 1. The first-order valence-electron chi connectivity index (χ1n) is 9.41. The van der Waals surface area contributed by atoms with Gasteiger partial charge in [0.25, 0.3) is 11.8 Å². The Hall–Kier alpha value is -4.20. The maximum atomic E-state index is 13.0. The SMILES string of the molecule is C/C(=N\NC(=O)c1ccc2c(c1)OCO2)c1cccc(NC(=O)c2ccc(F)cc2)c1. The predicted octanol–water partition coefficient (Wildman–Crippen LogP) is 3.96. The molecular weight excluding hydrogens is 401 g/mol. The number of nitrogens with one attached hydrogen (secondary N) is 2. The molecule has 0 fully saturated rings. The Morgan fingerprint density at radius 1 is 0.871 bits per heavy atom. The predicted molar refractivity (Wildman–Crippen MR) is 113 cm³/mol. The van der Waals surface area contributed by atoms with Crippen LogP contribution in [0, 0.1) is 5.82 Å². The highest BCUT2D eigenvalue weighted by atomic mass is 19.1. The van der Waals surface area contributed by atoms with Gasteiger partial charge in [0, 0.05) is 16.8 Å². The average molecular weight is 419 g/mol. The molecule has 0 aliphatic carbocycles. The zero-order valence-corrected chi connectivity index (χ0v) is 16.5. The van der Waals surface area contributed by atoms with Crippen LogP contribution < -0.4 is 20.2 Å². The minimum Gasteiger partial charge on any atom is -0.454 e. The van der Waals surface area contributed by atoms with Gasteiger partial charge >= 0.3 is 0 Å². The molecule has 0 bridgehead atoms. The second-order valence-corrected chi connectivity index (χ2v) is 6.75. The number of hydrogen-bond acceptors (Lipinski definition) is 5. The Kier molecular flexibility index (Phi) is 5.61. The molecule has 2 N–H and O–H groups in total. The third-order valence-electron chi connectivity index (χ3n) is 4.60. The van der Waals surface area contributed by atoms with E-state index in [4.69, 9.17) is 9.47 Å². The van der Waals surface area contributed by atoms with Gasteiger partial charge in [0.15, 0.2) is 11.5 Å².